The molecule has 0 bridgehead atoms. The summed E-state index contributed by atoms with van der Waals surface area (Å²) in [5.41, 5.74) is -0.465. The van der Waals surface area contributed by atoms with Gasteiger partial charge in [0.05, 0.1) is 0 Å². The Kier molecular flexibility index (Phi) is 1.49. The van der Waals surface area contributed by atoms with Crippen LogP contribution in [0.2, 0.25) is 0 Å². The summed E-state index contributed by atoms with van der Waals surface area (Å²) in [4.78, 5) is 26.0. The molecule has 0 atom stereocenters. The topological polar surface area (TPSA) is 83.0 Å². The molecule has 0 radical (unpaired) electrons. The van der Waals surface area contributed by atoms with Gasteiger partial charge in [-0.15, -0.1) is 0 Å². The van der Waals surface area contributed by atoms with Crippen molar-refractivity contribution in [2.24, 2.45) is 0 Å². The van der Waals surface area contributed by atoms with Crippen LogP contribution in [-0.2, 0) is 0 Å². The quantitative estimate of drug-likeness (QED) is 0.549. The molecule has 0 fully saturated rings. The first kappa shape index (κ1) is 6.47. The molecular formula is C5H4N2O3. The van der Waals surface area contributed by atoms with Gasteiger partial charge in [-0.1, -0.05) is 0 Å². The first-order valence-electron chi connectivity index (χ1n) is 2.49. The van der Waals surface area contributed by atoms with Crippen molar-refractivity contribution in [1.82, 2.24) is 9.97 Å². The van der Waals surface area contributed by atoms with Crippen molar-refractivity contribution in [1.29, 1.82) is 0 Å². The summed E-state index contributed by atoms with van der Waals surface area (Å²) >= 11 is 0. The molecule has 0 amide bonds. The number of aromatic amines is 1. The Morgan fingerprint density at radius 3 is 2.80 bits per heavy atom. The van der Waals surface area contributed by atoms with E-state index in [9.17, 15) is 9.59 Å². The molecule has 1 rings (SSSR count). The van der Waals surface area contributed by atoms with Crippen LogP contribution in [0, 0.1) is 0 Å². The summed E-state index contributed by atoms with van der Waals surface area (Å²) in [6.07, 6.45) is 1.14. The van der Waals surface area contributed by atoms with Gasteiger partial charge in [-0.25, -0.2) is 9.78 Å². The number of nitrogens with one attached hydrogen (secondary N) is 1. The fourth-order valence-electron chi connectivity index (χ4n) is 0.479. The number of hydrogen-bond donors (Lipinski definition) is 2. The fraction of sp³-hybridized carbons (Fsp3) is 0. The van der Waals surface area contributed by atoms with Crippen LogP contribution < -0.4 is 5.56 Å². The maximum absolute atomic E-state index is 10.4. The van der Waals surface area contributed by atoms with Crippen molar-refractivity contribution in [2.45, 2.75) is 0 Å². The minimum absolute atomic E-state index is 0.340. The number of H-pyrrole nitrogens is 1. The third-order valence-corrected chi connectivity index (χ3v) is 0.874. The van der Waals surface area contributed by atoms with E-state index in [2.05, 4.69) is 4.98 Å². The number of hydrogen-bond acceptors (Lipinski definition) is 3. The molecule has 5 heteroatoms. The lowest BCUT2D eigenvalue weighted by Gasteiger charge is -1.88. The molecule has 0 saturated heterocycles. The van der Waals surface area contributed by atoms with Gasteiger partial charge in [0.2, 0.25) is 5.82 Å². The van der Waals surface area contributed by atoms with Crippen LogP contribution in [0.4, 0.5) is 0 Å². The highest BCUT2D eigenvalue weighted by Gasteiger charge is 2.02. The highest BCUT2D eigenvalue weighted by molar-refractivity contribution is 5.82. The first-order chi connectivity index (χ1) is 4.70. The smallest absolute Gasteiger partial charge is 0.372 e. The van der Waals surface area contributed by atoms with E-state index in [0.29, 0.717) is 0 Å². The zero-order valence-electron chi connectivity index (χ0n) is 4.87. The maximum atomic E-state index is 10.4. The highest BCUT2D eigenvalue weighted by atomic mass is 16.4. The number of carbonyl (C=O) groups is 1. The van der Waals surface area contributed by atoms with Crippen molar-refractivity contribution < 1.29 is 9.90 Å². The molecular weight excluding hydrogens is 136 g/mol. The van der Waals surface area contributed by atoms with Crippen LogP contribution >= 0.6 is 0 Å². The lowest BCUT2D eigenvalue weighted by molar-refractivity contribution is 0.0683. The molecule has 0 unspecified atom stereocenters. The lowest BCUT2D eigenvalue weighted by atomic mass is 10.5. The molecule has 2 N–H and O–H groups in total. The molecule has 0 spiro atoms. The minimum Gasteiger partial charge on any atom is -0.475 e. The number of aromatic carboxylic acids is 1. The molecule has 10 heavy (non-hydrogen) atoms. The third kappa shape index (κ3) is 1.19. The Hall–Kier alpha value is -1.65. The summed E-state index contributed by atoms with van der Waals surface area (Å²) in [6.45, 7) is 0. The van der Waals surface area contributed by atoms with Crippen LogP contribution in [-0.4, -0.2) is 21.0 Å². The molecule has 1 aromatic rings. The van der Waals surface area contributed by atoms with E-state index in [1.165, 1.54) is 0 Å². The zero-order valence-corrected chi connectivity index (χ0v) is 4.87. The van der Waals surface area contributed by atoms with Crippen LogP contribution in [0.15, 0.2) is 17.1 Å². The largest absolute Gasteiger partial charge is 0.475 e. The number of rotatable bonds is 1. The van der Waals surface area contributed by atoms with Crippen LogP contribution in [0.5, 0.6) is 0 Å². The Balaban J connectivity index is 3.20. The number of nitrogens with zero attached hydrogens (tertiary/aromatic N) is 1. The predicted molar refractivity (Wildman–Crippen MR) is 31.8 cm³/mol. The number of aromatic nitrogens is 2. The van der Waals surface area contributed by atoms with Gasteiger partial charge >= 0.3 is 5.97 Å². The van der Waals surface area contributed by atoms with Gasteiger partial charge in [-0.3, -0.25) is 4.79 Å². The Morgan fingerprint density at radius 2 is 2.40 bits per heavy atom. The maximum Gasteiger partial charge on any atom is 0.372 e. The van der Waals surface area contributed by atoms with Gasteiger partial charge in [0.15, 0.2) is 0 Å². The average Bonchev–Trinajstić information content (AvgIpc) is 1.88. The van der Waals surface area contributed by atoms with Crippen LogP contribution in [0.3, 0.4) is 0 Å². The van der Waals surface area contributed by atoms with E-state index in [1.807, 2.05) is 4.98 Å². The highest BCUT2D eigenvalue weighted by Crippen LogP contribution is 1.80. The molecule has 1 heterocycles. The van der Waals surface area contributed by atoms with Gasteiger partial charge in [0, 0.05) is 12.3 Å². The van der Waals surface area contributed by atoms with Crippen molar-refractivity contribution in [2.75, 3.05) is 0 Å². The molecule has 0 aliphatic rings. The molecule has 1 aromatic heterocycles. The van der Waals surface area contributed by atoms with E-state index in [-0.39, 0.29) is 5.82 Å². The Morgan fingerprint density at radius 1 is 1.70 bits per heavy atom. The van der Waals surface area contributed by atoms with E-state index >= 15 is 0 Å². The zero-order chi connectivity index (χ0) is 7.56. The summed E-state index contributed by atoms with van der Waals surface area (Å²) in [7, 11) is 0. The summed E-state index contributed by atoms with van der Waals surface area (Å²) < 4.78 is 0. The monoisotopic (exact) mass is 140 g/mol. The first-order valence-corrected chi connectivity index (χ1v) is 2.49. The molecule has 0 aromatic carbocycles. The van der Waals surface area contributed by atoms with Crippen LogP contribution in [0.25, 0.3) is 0 Å². The Bertz CT molecular complexity index is 304. The normalized spacial score (nSPS) is 9.20. The molecule has 0 aliphatic carbocycles. The second-order valence-corrected chi connectivity index (χ2v) is 1.59. The third-order valence-electron chi connectivity index (χ3n) is 0.874. The van der Waals surface area contributed by atoms with Crippen LogP contribution in [0.1, 0.15) is 10.6 Å². The second-order valence-electron chi connectivity index (χ2n) is 1.59. The van der Waals surface area contributed by atoms with Crippen molar-refractivity contribution >= 4 is 5.97 Å². The molecule has 0 saturated carbocycles. The SMILES string of the molecule is O=C(O)c1nccc(=O)[nH]1. The van der Waals surface area contributed by atoms with E-state index in [4.69, 9.17) is 5.11 Å². The Labute approximate surface area is 55.4 Å². The molecule has 0 aliphatic heterocycles. The minimum atomic E-state index is -1.24. The van der Waals surface area contributed by atoms with Gasteiger partial charge in [-0.2, -0.15) is 0 Å². The van der Waals surface area contributed by atoms with Gasteiger partial charge in [0.1, 0.15) is 0 Å². The van der Waals surface area contributed by atoms with E-state index in [1.54, 1.807) is 0 Å². The summed E-state index contributed by atoms with van der Waals surface area (Å²) in [6, 6.07) is 1.15. The fourth-order valence-corrected chi connectivity index (χ4v) is 0.479. The van der Waals surface area contributed by atoms with E-state index < -0.39 is 11.5 Å². The predicted octanol–water partition coefficient (Wildman–Crippen LogP) is -0.532. The van der Waals surface area contributed by atoms with Gasteiger partial charge in [-0.05, 0) is 0 Å². The summed E-state index contributed by atoms with van der Waals surface area (Å²) in [5.74, 6) is -1.58. The second kappa shape index (κ2) is 2.30. The van der Waals surface area contributed by atoms with Gasteiger partial charge < -0.3 is 10.1 Å². The average molecular weight is 140 g/mol. The van der Waals surface area contributed by atoms with Crippen molar-refractivity contribution in [3.63, 3.8) is 0 Å². The van der Waals surface area contributed by atoms with Crippen molar-refractivity contribution in [3.8, 4) is 0 Å². The lowest BCUT2D eigenvalue weighted by Crippen LogP contribution is -2.12. The molecule has 52 valence electrons. The van der Waals surface area contributed by atoms with Crippen molar-refractivity contribution in [3.05, 3.63) is 28.4 Å². The standard InChI is InChI=1S/C5H4N2O3/c8-3-1-2-6-4(7-3)5(9)10/h1-2H,(H,9,10)(H,6,7,8). The van der Waals surface area contributed by atoms with Gasteiger partial charge in [0.25, 0.3) is 5.56 Å². The van der Waals surface area contributed by atoms with E-state index in [0.717, 1.165) is 12.3 Å². The molecule has 5 nitrogen and oxygen atoms in total. The number of carboxylic acid groups (broad SMARTS) is 1. The summed E-state index contributed by atoms with van der Waals surface area (Å²) in [5, 5.41) is 8.28. The number of carboxylic acids is 1.